The SMILES string of the molecule is C#CCNC(=O)c1cc(Cl)nc(CC)c1. The normalized spacial score (nSPS) is 9.40. The molecule has 1 amide bonds. The molecule has 0 saturated heterocycles. The molecule has 0 unspecified atom stereocenters. The lowest BCUT2D eigenvalue weighted by Crippen LogP contribution is -2.23. The Morgan fingerprint density at radius 2 is 2.40 bits per heavy atom. The third-order valence-electron chi connectivity index (χ3n) is 1.82. The minimum Gasteiger partial charge on any atom is -0.341 e. The first kappa shape index (κ1) is 11.5. The number of aromatic nitrogens is 1. The van der Waals surface area contributed by atoms with Gasteiger partial charge in [-0.2, -0.15) is 0 Å². The van der Waals surface area contributed by atoms with Gasteiger partial charge < -0.3 is 5.32 Å². The predicted octanol–water partition coefficient (Wildman–Crippen LogP) is 1.66. The molecule has 1 N–H and O–H groups in total. The zero-order chi connectivity index (χ0) is 11.3. The van der Waals surface area contributed by atoms with Crippen molar-refractivity contribution in [3.05, 3.63) is 28.5 Å². The average molecular weight is 223 g/mol. The summed E-state index contributed by atoms with van der Waals surface area (Å²) in [5.41, 5.74) is 1.27. The summed E-state index contributed by atoms with van der Waals surface area (Å²) in [4.78, 5) is 15.6. The highest BCUT2D eigenvalue weighted by Gasteiger charge is 2.07. The molecule has 0 radical (unpaired) electrons. The standard InChI is InChI=1S/C11H11ClN2O/c1-3-5-13-11(15)8-6-9(4-2)14-10(12)7-8/h1,6-7H,4-5H2,2H3,(H,13,15). The molecule has 4 heteroatoms. The van der Waals surface area contributed by atoms with Gasteiger partial charge in [-0.3, -0.25) is 4.79 Å². The van der Waals surface area contributed by atoms with Crippen molar-refractivity contribution < 1.29 is 4.79 Å². The van der Waals surface area contributed by atoms with E-state index in [0.717, 1.165) is 12.1 Å². The lowest BCUT2D eigenvalue weighted by atomic mass is 10.2. The quantitative estimate of drug-likeness (QED) is 0.624. The van der Waals surface area contributed by atoms with Crippen LogP contribution in [0.3, 0.4) is 0 Å². The summed E-state index contributed by atoms with van der Waals surface area (Å²) in [5, 5.41) is 2.89. The van der Waals surface area contributed by atoms with Crippen LogP contribution in [-0.4, -0.2) is 17.4 Å². The molecule has 0 bridgehead atoms. The Morgan fingerprint density at radius 3 is 3.00 bits per heavy atom. The van der Waals surface area contributed by atoms with Crippen LogP contribution in [0.2, 0.25) is 5.15 Å². The van der Waals surface area contributed by atoms with Crippen molar-refractivity contribution in [1.29, 1.82) is 0 Å². The minimum absolute atomic E-state index is 0.209. The molecule has 0 fully saturated rings. The van der Waals surface area contributed by atoms with E-state index in [2.05, 4.69) is 16.2 Å². The van der Waals surface area contributed by atoms with Gasteiger partial charge in [0.2, 0.25) is 0 Å². The predicted molar refractivity (Wildman–Crippen MR) is 59.8 cm³/mol. The average Bonchev–Trinajstić information content (AvgIpc) is 2.24. The van der Waals surface area contributed by atoms with Gasteiger partial charge in [0.25, 0.3) is 5.91 Å². The molecule has 0 aliphatic heterocycles. The number of amides is 1. The van der Waals surface area contributed by atoms with Crippen molar-refractivity contribution in [3.63, 3.8) is 0 Å². The number of pyridine rings is 1. The van der Waals surface area contributed by atoms with Gasteiger partial charge in [-0.25, -0.2) is 4.98 Å². The van der Waals surface area contributed by atoms with Gasteiger partial charge >= 0.3 is 0 Å². The maximum absolute atomic E-state index is 11.5. The molecule has 15 heavy (non-hydrogen) atoms. The number of terminal acetylenes is 1. The Bertz CT molecular complexity index is 410. The van der Waals surface area contributed by atoms with E-state index >= 15 is 0 Å². The Morgan fingerprint density at radius 1 is 1.67 bits per heavy atom. The Hall–Kier alpha value is -1.53. The maximum Gasteiger partial charge on any atom is 0.252 e. The molecule has 0 spiro atoms. The summed E-state index contributed by atoms with van der Waals surface area (Å²) >= 11 is 5.78. The number of aryl methyl sites for hydroxylation is 1. The lowest BCUT2D eigenvalue weighted by Gasteiger charge is -2.04. The van der Waals surface area contributed by atoms with Crippen LogP contribution < -0.4 is 5.32 Å². The van der Waals surface area contributed by atoms with Gasteiger partial charge in [0.05, 0.1) is 6.54 Å². The van der Waals surface area contributed by atoms with Crippen molar-refractivity contribution in [1.82, 2.24) is 10.3 Å². The molecule has 1 aromatic heterocycles. The number of carbonyl (C=O) groups is 1. The number of halogens is 1. The van der Waals surface area contributed by atoms with Crippen LogP contribution in [0.1, 0.15) is 23.0 Å². The first-order valence-corrected chi connectivity index (χ1v) is 4.93. The molecule has 0 aliphatic rings. The van der Waals surface area contributed by atoms with E-state index in [1.807, 2.05) is 6.92 Å². The van der Waals surface area contributed by atoms with Crippen LogP contribution in [0.4, 0.5) is 0 Å². The molecule has 0 atom stereocenters. The van der Waals surface area contributed by atoms with Crippen molar-refractivity contribution >= 4 is 17.5 Å². The highest BCUT2D eigenvalue weighted by Crippen LogP contribution is 2.11. The molecule has 0 saturated carbocycles. The summed E-state index contributed by atoms with van der Waals surface area (Å²) in [6, 6.07) is 3.23. The van der Waals surface area contributed by atoms with Crippen LogP contribution in [0.25, 0.3) is 0 Å². The fraction of sp³-hybridized carbons (Fsp3) is 0.273. The number of nitrogens with one attached hydrogen (secondary N) is 1. The van der Waals surface area contributed by atoms with Crippen molar-refractivity contribution in [2.75, 3.05) is 6.54 Å². The topological polar surface area (TPSA) is 42.0 Å². The largest absolute Gasteiger partial charge is 0.341 e. The van der Waals surface area contributed by atoms with E-state index in [-0.39, 0.29) is 12.5 Å². The number of hydrogen-bond donors (Lipinski definition) is 1. The van der Waals surface area contributed by atoms with E-state index in [1.165, 1.54) is 6.07 Å². The smallest absolute Gasteiger partial charge is 0.252 e. The fourth-order valence-corrected chi connectivity index (χ4v) is 1.32. The molecular formula is C11H11ClN2O. The zero-order valence-electron chi connectivity index (χ0n) is 8.38. The summed E-state index contributed by atoms with van der Waals surface area (Å²) < 4.78 is 0. The molecule has 0 aliphatic carbocycles. The van der Waals surface area contributed by atoms with Crippen molar-refractivity contribution in [2.24, 2.45) is 0 Å². The highest BCUT2D eigenvalue weighted by molar-refractivity contribution is 6.29. The Labute approximate surface area is 93.9 Å². The summed E-state index contributed by atoms with van der Waals surface area (Å²) in [6.45, 7) is 2.15. The second kappa shape index (κ2) is 5.38. The van der Waals surface area contributed by atoms with Crippen LogP contribution in [0.5, 0.6) is 0 Å². The van der Waals surface area contributed by atoms with Crippen LogP contribution >= 0.6 is 11.6 Å². The van der Waals surface area contributed by atoms with E-state index < -0.39 is 0 Å². The number of nitrogens with zero attached hydrogens (tertiary/aromatic N) is 1. The van der Waals surface area contributed by atoms with Crippen molar-refractivity contribution in [3.8, 4) is 12.3 Å². The van der Waals surface area contributed by atoms with E-state index in [0.29, 0.717) is 10.7 Å². The maximum atomic E-state index is 11.5. The first-order chi connectivity index (χ1) is 7.17. The highest BCUT2D eigenvalue weighted by atomic mass is 35.5. The van der Waals surface area contributed by atoms with E-state index in [4.69, 9.17) is 18.0 Å². The van der Waals surface area contributed by atoms with Crippen molar-refractivity contribution in [2.45, 2.75) is 13.3 Å². The number of rotatable bonds is 3. The monoisotopic (exact) mass is 222 g/mol. The van der Waals surface area contributed by atoms with Gasteiger partial charge in [-0.05, 0) is 18.6 Å². The third kappa shape index (κ3) is 3.26. The molecule has 1 rings (SSSR count). The second-order valence-corrected chi connectivity index (χ2v) is 3.30. The van der Waals surface area contributed by atoms with Gasteiger partial charge in [0, 0.05) is 11.3 Å². The molecule has 0 aromatic carbocycles. The lowest BCUT2D eigenvalue weighted by molar-refractivity contribution is 0.0958. The molecule has 1 heterocycles. The van der Waals surface area contributed by atoms with Gasteiger partial charge in [0.15, 0.2) is 0 Å². The Kier molecular flexibility index (Phi) is 4.14. The van der Waals surface area contributed by atoms with Crippen LogP contribution in [0.15, 0.2) is 12.1 Å². The van der Waals surface area contributed by atoms with E-state index in [1.54, 1.807) is 6.07 Å². The summed E-state index contributed by atoms with van der Waals surface area (Å²) in [5.74, 6) is 2.10. The van der Waals surface area contributed by atoms with E-state index in [9.17, 15) is 4.79 Å². The zero-order valence-corrected chi connectivity index (χ0v) is 9.14. The van der Waals surface area contributed by atoms with Gasteiger partial charge in [0.1, 0.15) is 5.15 Å². The molecular weight excluding hydrogens is 212 g/mol. The number of hydrogen-bond acceptors (Lipinski definition) is 2. The molecule has 1 aromatic rings. The Balaban J connectivity index is 2.89. The van der Waals surface area contributed by atoms with Crippen LogP contribution in [0, 0.1) is 12.3 Å². The summed E-state index contributed by atoms with van der Waals surface area (Å²) in [7, 11) is 0. The fourth-order valence-electron chi connectivity index (χ4n) is 1.10. The first-order valence-electron chi connectivity index (χ1n) is 4.55. The van der Waals surface area contributed by atoms with Crippen LogP contribution in [-0.2, 0) is 6.42 Å². The molecule has 3 nitrogen and oxygen atoms in total. The minimum atomic E-state index is -0.230. The second-order valence-electron chi connectivity index (χ2n) is 2.91. The summed E-state index contributed by atoms with van der Waals surface area (Å²) in [6.07, 6.45) is 5.77. The van der Waals surface area contributed by atoms with Gasteiger partial charge in [-0.1, -0.05) is 24.4 Å². The molecule has 78 valence electrons. The van der Waals surface area contributed by atoms with Gasteiger partial charge in [-0.15, -0.1) is 6.42 Å². The third-order valence-corrected chi connectivity index (χ3v) is 2.02. The number of carbonyl (C=O) groups excluding carboxylic acids is 1.